The lowest BCUT2D eigenvalue weighted by molar-refractivity contribution is -0.121. The van der Waals surface area contributed by atoms with Gasteiger partial charge < -0.3 is 10.1 Å². The van der Waals surface area contributed by atoms with Crippen LogP contribution >= 0.6 is 0 Å². The molecule has 2 unspecified atom stereocenters. The van der Waals surface area contributed by atoms with Crippen molar-refractivity contribution < 1.29 is 14.3 Å². The molecule has 6 nitrogen and oxygen atoms in total. The van der Waals surface area contributed by atoms with Crippen LogP contribution in [-0.4, -0.2) is 56.2 Å². The van der Waals surface area contributed by atoms with Gasteiger partial charge in [0.2, 0.25) is 5.91 Å². The van der Waals surface area contributed by atoms with Gasteiger partial charge in [-0.25, -0.2) is 4.79 Å². The lowest BCUT2D eigenvalue weighted by atomic mass is 10.0. The predicted octanol–water partition coefficient (Wildman–Crippen LogP) is -0.590. The first-order chi connectivity index (χ1) is 8.19. The third-order valence-electron chi connectivity index (χ3n) is 3.35. The Labute approximate surface area is 101 Å². The Morgan fingerprint density at radius 2 is 2.00 bits per heavy atom. The van der Waals surface area contributed by atoms with Crippen LogP contribution in [0, 0.1) is 11.8 Å². The zero-order chi connectivity index (χ0) is 12.3. The highest BCUT2D eigenvalue weighted by molar-refractivity contribution is 5.92. The van der Waals surface area contributed by atoms with E-state index in [9.17, 15) is 9.59 Å². The van der Waals surface area contributed by atoms with E-state index in [1.54, 1.807) is 6.92 Å². The monoisotopic (exact) mass is 241 g/mol. The molecule has 0 aliphatic carbocycles. The molecular formula is C11H19N3O3. The molecule has 0 aromatic carbocycles. The summed E-state index contributed by atoms with van der Waals surface area (Å²) in [4.78, 5) is 24.7. The molecule has 2 saturated heterocycles. The van der Waals surface area contributed by atoms with Gasteiger partial charge in [-0.3, -0.25) is 15.0 Å². The Morgan fingerprint density at radius 3 is 2.59 bits per heavy atom. The topological polar surface area (TPSA) is 70.7 Å². The summed E-state index contributed by atoms with van der Waals surface area (Å²) in [7, 11) is 0. The lowest BCUT2D eigenvalue weighted by Crippen LogP contribution is -2.40. The molecule has 2 N–H and O–H groups in total. The van der Waals surface area contributed by atoms with E-state index in [4.69, 9.17) is 0 Å². The third kappa shape index (κ3) is 3.17. The molecule has 0 spiro atoms. The van der Waals surface area contributed by atoms with E-state index in [1.807, 2.05) is 0 Å². The fraction of sp³-hybridized carbons (Fsp3) is 0.818. The minimum Gasteiger partial charge on any atom is -0.450 e. The average molecular weight is 241 g/mol. The number of carbonyl (C=O) groups excluding carboxylic acids is 2. The Bertz CT molecular complexity index is 296. The van der Waals surface area contributed by atoms with E-state index in [0.717, 1.165) is 26.2 Å². The highest BCUT2D eigenvalue weighted by atomic mass is 16.5. The number of rotatable bonds is 3. The van der Waals surface area contributed by atoms with Crippen LogP contribution in [0.5, 0.6) is 0 Å². The second-order valence-electron chi connectivity index (χ2n) is 4.64. The zero-order valence-corrected chi connectivity index (χ0v) is 10.1. The number of carbonyl (C=O) groups is 2. The third-order valence-corrected chi connectivity index (χ3v) is 3.35. The summed E-state index contributed by atoms with van der Waals surface area (Å²) in [6.07, 6.45) is -0.654. The molecule has 2 aliphatic rings. The maximum Gasteiger partial charge on any atom is 0.413 e. The van der Waals surface area contributed by atoms with Gasteiger partial charge in [-0.15, -0.1) is 0 Å². The van der Waals surface area contributed by atoms with Gasteiger partial charge >= 0.3 is 6.09 Å². The van der Waals surface area contributed by atoms with Gasteiger partial charge in [0.1, 0.15) is 0 Å². The number of nitrogens with zero attached hydrogens (tertiary/aromatic N) is 1. The molecule has 0 radical (unpaired) electrons. The maximum absolute atomic E-state index is 11.5. The zero-order valence-electron chi connectivity index (χ0n) is 10.1. The first-order valence-corrected chi connectivity index (χ1v) is 6.08. The summed E-state index contributed by atoms with van der Waals surface area (Å²) in [6, 6.07) is 0. The molecule has 17 heavy (non-hydrogen) atoms. The van der Waals surface area contributed by atoms with Crippen LogP contribution in [0.15, 0.2) is 0 Å². The summed E-state index contributed by atoms with van der Waals surface area (Å²) in [6.45, 7) is 6.23. The Hall–Kier alpha value is -1.14. The fourth-order valence-electron chi connectivity index (χ4n) is 2.61. The maximum atomic E-state index is 11.5. The molecule has 2 rings (SSSR count). The van der Waals surface area contributed by atoms with Crippen molar-refractivity contribution in [2.45, 2.75) is 6.92 Å². The molecule has 0 aromatic rings. The molecule has 0 bridgehead atoms. The molecule has 0 aromatic heterocycles. The van der Waals surface area contributed by atoms with Crippen molar-refractivity contribution in [3.8, 4) is 0 Å². The number of imide groups is 1. The van der Waals surface area contributed by atoms with Gasteiger partial charge in [0.15, 0.2) is 0 Å². The molecule has 2 aliphatic heterocycles. The second-order valence-corrected chi connectivity index (χ2v) is 4.64. The van der Waals surface area contributed by atoms with Crippen LogP contribution in [0.1, 0.15) is 6.92 Å². The molecule has 2 fully saturated rings. The number of hydrogen-bond donors (Lipinski definition) is 2. The predicted molar refractivity (Wildman–Crippen MR) is 61.5 cm³/mol. The van der Waals surface area contributed by atoms with Gasteiger partial charge in [-0.05, 0) is 31.8 Å². The highest BCUT2D eigenvalue weighted by Gasteiger charge is 2.36. The summed E-state index contributed by atoms with van der Waals surface area (Å²) < 4.78 is 4.65. The number of fused-ring (bicyclic) bond motifs is 1. The molecule has 2 amide bonds. The summed E-state index contributed by atoms with van der Waals surface area (Å²) in [5.74, 6) is 1.03. The van der Waals surface area contributed by atoms with Crippen molar-refractivity contribution in [3.05, 3.63) is 0 Å². The second kappa shape index (κ2) is 5.46. The van der Waals surface area contributed by atoms with E-state index in [1.165, 1.54) is 0 Å². The molecule has 2 atom stereocenters. The summed E-state index contributed by atoms with van der Waals surface area (Å²) in [5.41, 5.74) is 0. The number of amides is 2. The molecule has 96 valence electrons. The number of hydrogen-bond acceptors (Lipinski definition) is 5. The van der Waals surface area contributed by atoms with E-state index >= 15 is 0 Å². The standard InChI is InChI=1S/C11H19N3O3/c1-2-17-11(16)13-10(15)7-14-5-8-3-12-4-9(8)6-14/h8-9,12H,2-7H2,1H3,(H,13,15,16). The normalized spacial score (nSPS) is 27.8. The van der Waals surface area contributed by atoms with Crippen molar-refractivity contribution in [2.75, 3.05) is 39.3 Å². The Kier molecular flexibility index (Phi) is 3.96. The quantitative estimate of drug-likeness (QED) is 0.691. The van der Waals surface area contributed by atoms with E-state index in [0.29, 0.717) is 11.8 Å². The molecule has 0 saturated carbocycles. The first kappa shape index (κ1) is 12.3. The number of nitrogens with one attached hydrogen (secondary N) is 2. The van der Waals surface area contributed by atoms with E-state index in [-0.39, 0.29) is 19.1 Å². The van der Waals surface area contributed by atoms with Crippen LogP contribution in [-0.2, 0) is 9.53 Å². The largest absolute Gasteiger partial charge is 0.450 e. The van der Waals surface area contributed by atoms with Crippen LogP contribution in [0.25, 0.3) is 0 Å². The highest BCUT2D eigenvalue weighted by Crippen LogP contribution is 2.25. The van der Waals surface area contributed by atoms with Crippen molar-refractivity contribution >= 4 is 12.0 Å². The van der Waals surface area contributed by atoms with Crippen LogP contribution in [0.3, 0.4) is 0 Å². The number of ether oxygens (including phenoxy) is 1. The van der Waals surface area contributed by atoms with Gasteiger partial charge in [0, 0.05) is 13.1 Å². The van der Waals surface area contributed by atoms with Crippen molar-refractivity contribution in [1.82, 2.24) is 15.5 Å². The van der Waals surface area contributed by atoms with Crippen molar-refractivity contribution in [1.29, 1.82) is 0 Å². The minimum absolute atomic E-state index is 0.276. The smallest absolute Gasteiger partial charge is 0.413 e. The minimum atomic E-state index is -0.654. The summed E-state index contributed by atoms with van der Waals surface area (Å²) in [5, 5.41) is 5.56. The van der Waals surface area contributed by atoms with E-state index < -0.39 is 6.09 Å². The summed E-state index contributed by atoms with van der Waals surface area (Å²) >= 11 is 0. The van der Waals surface area contributed by atoms with Gasteiger partial charge in [-0.2, -0.15) is 0 Å². The van der Waals surface area contributed by atoms with Crippen LogP contribution < -0.4 is 10.6 Å². The lowest BCUT2D eigenvalue weighted by Gasteiger charge is -2.15. The fourth-order valence-corrected chi connectivity index (χ4v) is 2.61. The number of alkyl carbamates (subject to hydrolysis) is 1. The SMILES string of the molecule is CCOC(=O)NC(=O)CN1CC2CNCC2C1. The van der Waals surface area contributed by atoms with Gasteiger partial charge in [0.25, 0.3) is 0 Å². The van der Waals surface area contributed by atoms with Gasteiger partial charge in [0.05, 0.1) is 13.2 Å². The van der Waals surface area contributed by atoms with Crippen LogP contribution in [0.2, 0.25) is 0 Å². The molecule has 6 heteroatoms. The Balaban J connectivity index is 1.71. The van der Waals surface area contributed by atoms with E-state index in [2.05, 4.69) is 20.3 Å². The Morgan fingerprint density at radius 1 is 1.35 bits per heavy atom. The van der Waals surface area contributed by atoms with Gasteiger partial charge in [-0.1, -0.05) is 0 Å². The molecule has 2 heterocycles. The first-order valence-electron chi connectivity index (χ1n) is 6.08. The number of likely N-dealkylation sites (tertiary alicyclic amines) is 1. The van der Waals surface area contributed by atoms with Crippen molar-refractivity contribution in [3.63, 3.8) is 0 Å². The van der Waals surface area contributed by atoms with Crippen molar-refractivity contribution in [2.24, 2.45) is 11.8 Å². The molecular weight excluding hydrogens is 222 g/mol. The average Bonchev–Trinajstić information content (AvgIpc) is 2.77. The van der Waals surface area contributed by atoms with Crippen LogP contribution in [0.4, 0.5) is 4.79 Å².